The average Bonchev–Trinajstić information content (AvgIpc) is 2.79. The summed E-state index contributed by atoms with van der Waals surface area (Å²) in [6.07, 6.45) is 3.98. The van der Waals surface area contributed by atoms with E-state index in [1.807, 2.05) is 13.1 Å². The van der Waals surface area contributed by atoms with Gasteiger partial charge in [-0.15, -0.1) is 0 Å². The Kier molecular flexibility index (Phi) is 4.90. The molecule has 0 saturated carbocycles. The van der Waals surface area contributed by atoms with Gasteiger partial charge in [-0.2, -0.15) is 0 Å². The molecule has 0 bridgehead atoms. The first-order chi connectivity index (χ1) is 8.74. The molecule has 1 aromatic carbocycles. The number of rotatable bonds is 5. The van der Waals surface area contributed by atoms with Crippen LogP contribution in [-0.4, -0.2) is 20.1 Å². The molecule has 0 aromatic heterocycles. The summed E-state index contributed by atoms with van der Waals surface area (Å²) in [4.78, 5) is 2.52. The first kappa shape index (κ1) is 13.7. The monoisotopic (exact) mass is 266 g/mol. The number of anilines is 1. The summed E-state index contributed by atoms with van der Waals surface area (Å²) in [6.45, 7) is 5.54. The molecule has 0 radical (unpaired) electrons. The second kappa shape index (κ2) is 6.44. The highest BCUT2D eigenvalue weighted by Gasteiger charge is 2.23. The summed E-state index contributed by atoms with van der Waals surface area (Å²) in [7, 11) is 1.98. The lowest BCUT2D eigenvalue weighted by Gasteiger charge is -2.22. The molecule has 18 heavy (non-hydrogen) atoms. The van der Waals surface area contributed by atoms with Crippen LogP contribution in [0.5, 0.6) is 0 Å². The van der Waals surface area contributed by atoms with E-state index in [0.29, 0.717) is 0 Å². The molecule has 1 N–H and O–H groups in total. The highest BCUT2D eigenvalue weighted by molar-refractivity contribution is 6.30. The van der Waals surface area contributed by atoms with Crippen LogP contribution in [0, 0.1) is 5.92 Å². The molecule has 0 spiro atoms. The molecule has 1 saturated heterocycles. The topological polar surface area (TPSA) is 15.3 Å². The minimum absolute atomic E-state index is 0.827. The Morgan fingerprint density at radius 1 is 1.44 bits per heavy atom. The molecule has 0 aliphatic carbocycles. The minimum atomic E-state index is 0.827. The molecule has 1 aliphatic rings. The third kappa shape index (κ3) is 3.18. The summed E-state index contributed by atoms with van der Waals surface area (Å²) < 4.78 is 0. The summed E-state index contributed by atoms with van der Waals surface area (Å²) in [5.74, 6) is 0.869. The molecule has 1 aliphatic heterocycles. The second-order valence-corrected chi connectivity index (χ2v) is 5.63. The van der Waals surface area contributed by atoms with Gasteiger partial charge in [-0.25, -0.2) is 0 Å². The summed E-state index contributed by atoms with van der Waals surface area (Å²) >= 11 is 6.09. The van der Waals surface area contributed by atoms with Gasteiger partial charge in [-0.1, -0.05) is 24.9 Å². The Bertz CT molecular complexity index is 392. The van der Waals surface area contributed by atoms with Gasteiger partial charge in [0.1, 0.15) is 0 Å². The van der Waals surface area contributed by atoms with Crippen molar-refractivity contribution in [3.8, 4) is 0 Å². The molecule has 1 aromatic rings. The van der Waals surface area contributed by atoms with E-state index in [0.717, 1.165) is 17.5 Å². The predicted octanol–water partition coefficient (Wildman–Crippen LogP) is 3.69. The smallest absolute Gasteiger partial charge is 0.0412 e. The standard InChI is InChI=1S/C15H23ClN2/c1-3-4-12-7-8-18(11-12)15-6-5-14(16)9-13(15)10-17-2/h5-6,9,12,17H,3-4,7-8,10-11H2,1-2H3. The van der Waals surface area contributed by atoms with Crippen molar-refractivity contribution < 1.29 is 0 Å². The van der Waals surface area contributed by atoms with Crippen LogP contribution in [-0.2, 0) is 6.54 Å². The van der Waals surface area contributed by atoms with Crippen molar-refractivity contribution >= 4 is 17.3 Å². The van der Waals surface area contributed by atoms with Gasteiger partial charge in [-0.05, 0) is 49.6 Å². The van der Waals surface area contributed by atoms with Crippen LogP contribution in [0.3, 0.4) is 0 Å². The van der Waals surface area contributed by atoms with Crippen molar-refractivity contribution in [2.24, 2.45) is 5.92 Å². The van der Waals surface area contributed by atoms with Crippen molar-refractivity contribution in [3.05, 3.63) is 28.8 Å². The van der Waals surface area contributed by atoms with Crippen LogP contribution in [0.1, 0.15) is 31.7 Å². The largest absolute Gasteiger partial charge is 0.371 e. The first-order valence-electron chi connectivity index (χ1n) is 6.92. The van der Waals surface area contributed by atoms with Gasteiger partial charge >= 0.3 is 0 Å². The molecule has 3 heteroatoms. The van der Waals surface area contributed by atoms with E-state index in [1.165, 1.54) is 43.6 Å². The quantitative estimate of drug-likeness (QED) is 0.875. The summed E-state index contributed by atoms with van der Waals surface area (Å²) in [5.41, 5.74) is 2.66. The van der Waals surface area contributed by atoms with E-state index < -0.39 is 0 Å². The lowest BCUT2D eigenvalue weighted by molar-refractivity contribution is 0.529. The number of hydrogen-bond acceptors (Lipinski definition) is 2. The van der Waals surface area contributed by atoms with Gasteiger partial charge < -0.3 is 10.2 Å². The number of nitrogens with one attached hydrogen (secondary N) is 1. The summed E-state index contributed by atoms with van der Waals surface area (Å²) in [5, 5.41) is 4.05. The number of hydrogen-bond donors (Lipinski definition) is 1. The van der Waals surface area contributed by atoms with Crippen molar-refractivity contribution in [3.63, 3.8) is 0 Å². The number of halogens is 1. The van der Waals surface area contributed by atoms with Gasteiger partial charge in [0.2, 0.25) is 0 Å². The van der Waals surface area contributed by atoms with E-state index in [4.69, 9.17) is 11.6 Å². The highest BCUT2D eigenvalue weighted by atomic mass is 35.5. The normalized spacial score (nSPS) is 19.5. The first-order valence-corrected chi connectivity index (χ1v) is 7.30. The van der Waals surface area contributed by atoms with Gasteiger partial charge in [0.25, 0.3) is 0 Å². The molecule has 2 rings (SSSR count). The lowest BCUT2D eigenvalue weighted by Crippen LogP contribution is -2.22. The molecule has 2 nitrogen and oxygen atoms in total. The zero-order chi connectivity index (χ0) is 13.0. The van der Waals surface area contributed by atoms with Gasteiger partial charge in [-0.3, -0.25) is 0 Å². The van der Waals surface area contributed by atoms with Gasteiger partial charge in [0, 0.05) is 30.3 Å². The molecule has 0 amide bonds. The van der Waals surface area contributed by atoms with Crippen molar-refractivity contribution in [1.82, 2.24) is 5.32 Å². The van der Waals surface area contributed by atoms with Crippen molar-refractivity contribution in [2.45, 2.75) is 32.7 Å². The number of benzene rings is 1. The molecular weight excluding hydrogens is 244 g/mol. The van der Waals surface area contributed by atoms with Gasteiger partial charge in [0.15, 0.2) is 0 Å². The Morgan fingerprint density at radius 2 is 2.28 bits per heavy atom. The minimum Gasteiger partial charge on any atom is -0.371 e. The average molecular weight is 267 g/mol. The van der Waals surface area contributed by atoms with E-state index in [9.17, 15) is 0 Å². The van der Waals surface area contributed by atoms with E-state index in [1.54, 1.807) is 0 Å². The van der Waals surface area contributed by atoms with Crippen molar-refractivity contribution in [1.29, 1.82) is 0 Å². The van der Waals surface area contributed by atoms with Crippen LogP contribution in [0.4, 0.5) is 5.69 Å². The van der Waals surface area contributed by atoms with Crippen LogP contribution in [0.15, 0.2) is 18.2 Å². The summed E-state index contributed by atoms with van der Waals surface area (Å²) in [6, 6.07) is 6.26. The zero-order valence-electron chi connectivity index (χ0n) is 11.4. The van der Waals surface area contributed by atoms with E-state index in [-0.39, 0.29) is 0 Å². The Morgan fingerprint density at radius 3 is 3.00 bits per heavy atom. The van der Waals surface area contributed by atoms with Gasteiger partial charge in [0.05, 0.1) is 0 Å². The molecule has 100 valence electrons. The Hall–Kier alpha value is -0.730. The molecule has 1 atom stereocenters. The lowest BCUT2D eigenvalue weighted by atomic mass is 10.0. The maximum atomic E-state index is 6.09. The highest BCUT2D eigenvalue weighted by Crippen LogP contribution is 2.30. The van der Waals surface area contributed by atoms with Crippen molar-refractivity contribution in [2.75, 3.05) is 25.0 Å². The molecule has 1 heterocycles. The Labute approximate surface area is 115 Å². The Balaban J connectivity index is 2.13. The third-order valence-electron chi connectivity index (χ3n) is 3.73. The van der Waals surface area contributed by atoms with E-state index in [2.05, 4.69) is 29.3 Å². The predicted molar refractivity (Wildman–Crippen MR) is 79.4 cm³/mol. The SMILES string of the molecule is CCCC1CCN(c2ccc(Cl)cc2CNC)C1. The molecular formula is C15H23ClN2. The fraction of sp³-hybridized carbons (Fsp3) is 0.600. The van der Waals surface area contributed by atoms with Crippen LogP contribution in [0.25, 0.3) is 0 Å². The zero-order valence-corrected chi connectivity index (χ0v) is 12.1. The van der Waals surface area contributed by atoms with Crippen LogP contribution >= 0.6 is 11.6 Å². The fourth-order valence-corrected chi connectivity index (χ4v) is 3.08. The van der Waals surface area contributed by atoms with E-state index >= 15 is 0 Å². The number of nitrogens with zero attached hydrogens (tertiary/aromatic N) is 1. The van der Waals surface area contributed by atoms with Crippen LogP contribution in [0.2, 0.25) is 5.02 Å². The van der Waals surface area contributed by atoms with Crippen LogP contribution < -0.4 is 10.2 Å². The third-order valence-corrected chi connectivity index (χ3v) is 3.97. The second-order valence-electron chi connectivity index (χ2n) is 5.19. The maximum Gasteiger partial charge on any atom is 0.0412 e. The molecule has 1 unspecified atom stereocenters. The fourth-order valence-electron chi connectivity index (χ4n) is 2.89. The maximum absolute atomic E-state index is 6.09. The molecule has 1 fully saturated rings.